The van der Waals surface area contributed by atoms with Gasteiger partial charge >= 0.3 is 0 Å². The molecular weight excluding hydrogens is 506 g/mol. The number of hydrogen-bond acceptors (Lipinski definition) is 3. The molecule has 32 heavy (non-hydrogen) atoms. The first-order chi connectivity index (χ1) is 15.5. The summed E-state index contributed by atoms with van der Waals surface area (Å²) in [4.78, 5) is 6.68. The van der Waals surface area contributed by atoms with E-state index in [-0.39, 0.29) is 12.1 Å². The van der Waals surface area contributed by atoms with Crippen molar-refractivity contribution in [2.45, 2.75) is 19.0 Å². The van der Waals surface area contributed by atoms with Gasteiger partial charge in [0.2, 0.25) is 0 Å². The minimum absolute atomic E-state index is 0.160. The number of aryl methyl sites for hydroxylation is 1. The number of nitrogens with zero attached hydrogens (tertiary/aromatic N) is 2. The molecule has 4 aromatic rings. The second kappa shape index (κ2) is 8.70. The molecule has 2 aromatic carbocycles. The Labute approximate surface area is 205 Å². The molecule has 0 aliphatic carbocycles. The molecule has 1 N–H and O–H groups in total. The van der Waals surface area contributed by atoms with Gasteiger partial charge in [0.05, 0.1) is 11.7 Å². The van der Waals surface area contributed by atoms with Gasteiger partial charge in [0, 0.05) is 26.9 Å². The molecule has 2 aromatic heterocycles. The van der Waals surface area contributed by atoms with Gasteiger partial charge in [-0.05, 0) is 85.4 Å². The van der Waals surface area contributed by atoms with Gasteiger partial charge in [0.1, 0.15) is 17.6 Å². The third-order valence-electron chi connectivity index (χ3n) is 5.59. The summed E-state index contributed by atoms with van der Waals surface area (Å²) in [5.41, 5.74) is 3.95. The molecule has 2 unspecified atom stereocenters. The minimum Gasteiger partial charge on any atom is -0.459 e. The molecule has 0 saturated carbocycles. The summed E-state index contributed by atoms with van der Waals surface area (Å²) >= 11 is 15.5. The van der Waals surface area contributed by atoms with Crippen molar-refractivity contribution in [3.05, 3.63) is 106 Å². The third kappa shape index (κ3) is 3.94. The first-order valence-corrected chi connectivity index (χ1v) is 11.7. The van der Waals surface area contributed by atoms with Crippen LogP contribution in [0.5, 0.6) is 0 Å². The first kappa shape index (κ1) is 21.2. The van der Waals surface area contributed by atoms with Crippen molar-refractivity contribution in [3.8, 4) is 11.3 Å². The van der Waals surface area contributed by atoms with E-state index in [2.05, 4.69) is 31.1 Å². The van der Waals surface area contributed by atoms with Crippen LogP contribution in [0.3, 0.4) is 0 Å². The maximum atomic E-state index is 6.43. The summed E-state index contributed by atoms with van der Waals surface area (Å²) in [7, 11) is 0. The molecule has 2 atom stereocenters. The molecule has 0 amide bonds. The van der Waals surface area contributed by atoms with Gasteiger partial charge in [0.15, 0.2) is 5.11 Å². The van der Waals surface area contributed by atoms with E-state index in [1.165, 1.54) is 0 Å². The van der Waals surface area contributed by atoms with Crippen LogP contribution in [-0.2, 0) is 0 Å². The fourth-order valence-corrected chi connectivity index (χ4v) is 4.82. The molecule has 0 radical (unpaired) electrons. The van der Waals surface area contributed by atoms with Crippen molar-refractivity contribution in [3.63, 3.8) is 0 Å². The zero-order chi connectivity index (χ0) is 22.2. The number of anilines is 1. The zero-order valence-electron chi connectivity index (χ0n) is 17.1. The van der Waals surface area contributed by atoms with E-state index in [0.717, 1.165) is 38.5 Å². The molecule has 4 nitrogen and oxygen atoms in total. The Balaban J connectivity index is 1.61. The summed E-state index contributed by atoms with van der Waals surface area (Å²) in [6, 6.07) is 23.4. The number of nitrogens with one attached hydrogen (secondary N) is 1. The molecule has 1 saturated heterocycles. The molecule has 0 spiro atoms. The zero-order valence-corrected chi connectivity index (χ0v) is 20.3. The number of rotatable bonds is 4. The summed E-state index contributed by atoms with van der Waals surface area (Å²) < 4.78 is 7.44. The molecule has 5 rings (SSSR count). The van der Waals surface area contributed by atoms with Crippen molar-refractivity contribution >= 4 is 50.5 Å². The lowest BCUT2D eigenvalue weighted by Crippen LogP contribution is -2.29. The maximum Gasteiger partial charge on any atom is 0.174 e. The van der Waals surface area contributed by atoms with E-state index in [0.29, 0.717) is 10.1 Å². The fraction of sp³-hybridized carbons (Fsp3) is 0.120. The van der Waals surface area contributed by atoms with E-state index < -0.39 is 0 Å². The van der Waals surface area contributed by atoms with E-state index in [9.17, 15) is 0 Å². The van der Waals surface area contributed by atoms with Crippen molar-refractivity contribution in [2.75, 3.05) is 4.90 Å². The van der Waals surface area contributed by atoms with Crippen molar-refractivity contribution in [2.24, 2.45) is 0 Å². The van der Waals surface area contributed by atoms with Crippen LogP contribution < -0.4 is 10.2 Å². The van der Waals surface area contributed by atoms with Crippen LogP contribution in [0, 0.1) is 6.92 Å². The van der Waals surface area contributed by atoms with Gasteiger partial charge in [-0.25, -0.2) is 0 Å². The summed E-state index contributed by atoms with van der Waals surface area (Å²) in [6.45, 7) is 2.05. The number of aromatic nitrogens is 1. The van der Waals surface area contributed by atoms with Crippen LogP contribution >= 0.6 is 39.7 Å². The van der Waals surface area contributed by atoms with Gasteiger partial charge in [-0.3, -0.25) is 4.98 Å². The molecule has 1 aliphatic heterocycles. The van der Waals surface area contributed by atoms with Crippen LogP contribution in [0.15, 0.2) is 87.9 Å². The Bertz CT molecular complexity index is 1280. The van der Waals surface area contributed by atoms with Crippen LogP contribution in [-0.4, -0.2) is 10.1 Å². The second-order valence-corrected chi connectivity index (χ2v) is 9.37. The van der Waals surface area contributed by atoms with E-state index in [1.54, 1.807) is 6.20 Å². The number of pyridine rings is 1. The number of thiocarbonyl (C=S) groups is 1. The van der Waals surface area contributed by atoms with Gasteiger partial charge in [-0.15, -0.1) is 0 Å². The Morgan fingerprint density at radius 1 is 1.06 bits per heavy atom. The lowest BCUT2D eigenvalue weighted by molar-refractivity contribution is 0.439. The van der Waals surface area contributed by atoms with Crippen molar-refractivity contribution in [1.29, 1.82) is 0 Å². The molecule has 1 fully saturated rings. The maximum absolute atomic E-state index is 6.43. The van der Waals surface area contributed by atoms with Gasteiger partial charge in [-0.2, -0.15) is 0 Å². The Hall–Kier alpha value is -2.67. The molecule has 1 aliphatic rings. The normalized spacial score (nSPS) is 18.1. The molecule has 7 heteroatoms. The highest BCUT2D eigenvalue weighted by Gasteiger charge is 2.42. The summed E-state index contributed by atoms with van der Waals surface area (Å²) in [5, 5.41) is 4.76. The van der Waals surface area contributed by atoms with Crippen LogP contribution in [0.4, 0.5) is 5.69 Å². The van der Waals surface area contributed by atoms with Crippen molar-refractivity contribution < 1.29 is 4.42 Å². The van der Waals surface area contributed by atoms with Crippen molar-refractivity contribution in [1.82, 2.24) is 10.3 Å². The highest BCUT2D eigenvalue weighted by atomic mass is 79.9. The van der Waals surface area contributed by atoms with Crippen LogP contribution in [0.1, 0.15) is 29.1 Å². The summed E-state index contributed by atoms with van der Waals surface area (Å²) in [6.07, 6.45) is 1.79. The first-order valence-electron chi connectivity index (χ1n) is 10.1. The second-order valence-electron chi connectivity index (χ2n) is 7.63. The van der Waals surface area contributed by atoms with Gasteiger partial charge in [-0.1, -0.05) is 39.7 Å². The predicted octanol–water partition coefficient (Wildman–Crippen LogP) is 7.24. The van der Waals surface area contributed by atoms with E-state index in [4.69, 9.17) is 28.2 Å². The monoisotopic (exact) mass is 523 g/mol. The predicted molar refractivity (Wildman–Crippen MR) is 136 cm³/mol. The molecule has 3 heterocycles. The van der Waals surface area contributed by atoms with E-state index >= 15 is 0 Å². The fourth-order valence-electron chi connectivity index (χ4n) is 4.04. The highest BCUT2D eigenvalue weighted by molar-refractivity contribution is 9.10. The standard InChI is InChI=1S/C25H19BrClN3OS/c1-15-5-8-17(27)14-19(15)21-11-12-22(31-21)24-23(20-4-2-3-13-28-20)29-25(32)30(24)18-9-6-16(26)7-10-18/h2-14,23-24H,1H3,(H,29,32). The topological polar surface area (TPSA) is 41.3 Å². The molecule has 0 bridgehead atoms. The Kier molecular flexibility index (Phi) is 5.76. The average molecular weight is 525 g/mol. The van der Waals surface area contributed by atoms with Crippen LogP contribution in [0.25, 0.3) is 11.3 Å². The molecular formula is C25H19BrClN3OS. The number of halogens is 2. The number of furan rings is 1. The van der Waals surface area contributed by atoms with Gasteiger partial charge < -0.3 is 14.6 Å². The summed E-state index contributed by atoms with van der Waals surface area (Å²) in [5.74, 6) is 1.57. The quantitative estimate of drug-likeness (QED) is 0.285. The van der Waals surface area contributed by atoms with Crippen LogP contribution in [0.2, 0.25) is 5.02 Å². The smallest absolute Gasteiger partial charge is 0.174 e. The molecule has 160 valence electrons. The number of benzene rings is 2. The largest absolute Gasteiger partial charge is 0.459 e. The minimum atomic E-state index is -0.202. The Morgan fingerprint density at radius 3 is 2.62 bits per heavy atom. The SMILES string of the molecule is Cc1ccc(Cl)cc1-c1ccc(C2C(c3ccccn3)NC(=S)N2c2ccc(Br)cc2)o1. The average Bonchev–Trinajstić information content (AvgIpc) is 3.41. The lowest BCUT2D eigenvalue weighted by Gasteiger charge is -2.26. The highest BCUT2D eigenvalue weighted by Crippen LogP contribution is 2.43. The lowest BCUT2D eigenvalue weighted by atomic mass is 10.0. The Morgan fingerprint density at radius 2 is 1.88 bits per heavy atom. The third-order valence-corrected chi connectivity index (χ3v) is 6.66. The van der Waals surface area contributed by atoms with Gasteiger partial charge in [0.25, 0.3) is 0 Å². The number of hydrogen-bond donors (Lipinski definition) is 1. The van der Waals surface area contributed by atoms with E-state index in [1.807, 2.05) is 79.7 Å².